The van der Waals surface area contributed by atoms with E-state index in [2.05, 4.69) is 27.9 Å². The lowest BCUT2D eigenvalue weighted by Crippen LogP contribution is -2.21. The van der Waals surface area contributed by atoms with Crippen LogP contribution in [0.15, 0.2) is 48.5 Å². The van der Waals surface area contributed by atoms with Gasteiger partial charge in [0.25, 0.3) is 5.91 Å². The SMILES string of the molecule is Cc1cccc(C(=O)OCC(=O)Nc2ccccc2I)c1. The van der Waals surface area contributed by atoms with Crippen molar-refractivity contribution in [2.75, 3.05) is 11.9 Å². The average molecular weight is 395 g/mol. The van der Waals surface area contributed by atoms with Gasteiger partial charge in [-0.15, -0.1) is 0 Å². The van der Waals surface area contributed by atoms with Crippen molar-refractivity contribution in [2.24, 2.45) is 0 Å². The van der Waals surface area contributed by atoms with Gasteiger partial charge in [-0.25, -0.2) is 4.79 Å². The normalized spacial score (nSPS) is 10.0. The van der Waals surface area contributed by atoms with Gasteiger partial charge in [0.15, 0.2) is 6.61 Å². The van der Waals surface area contributed by atoms with Gasteiger partial charge in [0.05, 0.1) is 11.3 Å². The summed E-state index contributed by atoms with van der Waals surface area (Å²) in [6, 6.07) is 14.4. The molecule has 0 atom stereocenters. The summed E-state index contributed by atoms with van der Waals surface area (Å²) in [4.78, 5) is 23.6. The Balaban J connectivity index is 1.90. The molecular weight excluding hydrogens is 381 g/mol. The van der Waals surface area contributed by atoms with Gasteiger partial charge in [-0.05, 0) is 53.8 Å². The molecule has 2 aromatic carbocycles. The van der Waals surface area contributed by atoms with E-state index in [1.807, 2.05) is 31.2 Å². The van der Waals surface area contributed by atoms with Gasteiger partial charge in [-0.2, -0.15) is 0 Å². The first-order chi connectivity index (χ1) is 10.1. The van der Waals surface area contributed by atoms with E-state index in [1.54, 1.807) is 24.3 Å². The molecule has 5 heteroatoms. The summed E-state index contributed by atoms with van der Waals surface area (Å²) >= 11 is 2.13. The molecule has 1 amide bonds. The molecule has 0 aliphatic carbocycles. The van der Waals surface area contributed by atoms with Crippen molar-refractivity contribution < 1.29 is 14.3 Å². The van der Waals surface area contributed by atoms with Crippen molar-refractivity contribution >= 4 is 40.2 Å². The second-order valence-corrected chi connectivity index (χ2v) is 5.64. The molecule has 0 saturated carbocycles. The lowest BCUT2D eigenvalue weighted by atomic mass is 10.1. The number of nitrogens with one attached hydrogen (secondary N) is 1. The number of esters is 1. The number of amides is 1. The molecule has 0 radical (unpaired) electrons. The van der Waals surface area contributed by atoms with Gasteiger partial charge >= 0.3 is 5.97 Å². The third-order valence-corrected chi connectivity index (χ3v) is 3.68. The molecule has 0 bridgehead atoms. The zero-order chi connectivity index (χ0) is 15.2. The zero-order valence-corrected chi connectivity index (χ0v) is 13.6. The number of rotatable bonds is 4. The van der Waals surface area contributed by atoms with Crippen molar-refractivity contribution in [1.29, 1.82) is 0 Å². The Morgan fingerprint density at radius 2 is 1.90 bits per heavy atom. The number of para-hydroxylation sites is 1. The summed E-state index contributed by atoms with van der Waals surface area (Å²) in [5.41, 5.74) is 2.11. The van der Waals surface area contributed by atoms with Crippen molar-refractivity contribution in [2.45, 2.75) is 6.92 Å². The summed E-state index contributed by atoms with van der Waals surface area (Å²) in [5.74, 6) is -0.864. The van der Waals surface area contributed by atoms with Crippen molar-refractivity contribution in [1.82, 2.24) is 0 Å². The Morgan fingerprint density at radius 3 is 2.62 bits per heavy atom. The van der Waals surface area contributed by atoms with Crippen LogP contribution in [-0.2, 0) is 9.53 Å². The van der Waals surface area contributed by atoms with E-state index in [-0.39, 0.29) is 12.5 Å². The van der Waals surface area contributed by atoms with Crippen LogP contribution in [0.4, 0.5) is 5.69 Å². The number of hydrogen-bond acceptors (Lipinski definition) is 3. The maximum absolute atomic E-state index is 11.8. The van der Waals surface area contributed by atoms with E-state index in [1.165, 1.54) is 0 Å². The van der Waals surface area contributed by atoms with Crippen LogP contribution in [0, 0.1) is 10.5 Å². The molecular formula is C16H14INO3. The highest BCUT2D eigenvalue weighted by Crippen LogP contribution is 2.16. The molecule has 2 aromatic rings. The first-order valence-electron chi connectivity index (χ1n) is 6.34. The molecule has 0 aromatic heterocycles. The van der Waals surface area contributed by atoms with Crippen LogP contribution in [0.2, 0.25) is 0 Å². The lowest BCUT2D eigenvalue weighted by molar-refractivity contribution is -0.119. The summed E-state index contributed by atoms with van der Waals surface area (Å²) in [5, 5.41) is 2.70. The van der Waals surface area contributed by atoms with Crippen molar-refractivity contribution in [3.05, 3.63) is 63.2 Å². The summed E-state index contributed by atoms with van der Waals surface area (Å²) in [6.07, 6.45) is 0. The van der Waals surface area contributed by atoms with Crippen LogP contribution in [0.3, 0.4) is 0 Å². The number of carbonyl (C=O) groups is 2. The van der Waals surface area contributed by atoms with Crippen molar-refractivity contribution in [3.8, 4) is 0 Å². The topological polar surface area (TPSA) is 55.4 Å². The van der Waals surface area contributed by atoms with Gasteiger partial charge in [-0.1, -0.05) is 29.8 Å². The molecule has 108 valence electrons. The number of ether oxygens (including phenoxy) is 1. The minimum absolute atomic E-state index is 0.308. The molecule has 0 unspecified atom stereocenters. The van der Waals surface area contributed by atoms with Crippen LogP contribution in [0.5, 0.6) is 0 Å². The number of aryl methyl sites for hydroxylation is 1. The van der Waals surface area contributed by atoms with E-state index in [0.29, 0.717) is 11.3 Å². The van der Waals surface area contributed by atoms with E-state index < -0.39 is 5.97 Å². The fraction of sp³-hybridized carbons (Fsp3) is 0.125. The van der Waals surface area contributed by atoms with E-state index in [9.17, 15) is 9.59 Å². The monoisotopic (exact) mass is 395 g/mol. The van der Waals surface area contributed by atoms with Crippen molar-refractivity contribution in [3.63, 3.8) is 0 Å². The molecule has 0 aliphatic rings. The molecule has 0 saturated heterocycles. The van der Waals surface area contributed by atoms with Gasteiger partial charge in [-0.3, -0.25) is 4.79 Å². The highest BCUT2D eigenvalue weighted by Gasteiger charge is 2.11. The Bertz CT molecular complexity index is 670. The van der Waals surface area contributed by atoms with Gasteiger partial charge in [0.2, 0.25) is 0 Å². The first kappa shape index (κ1) is 15.5. The largest absolute Gasteiger partial charge is 0.452 e. The Labute approximate surface area is 136 Å². The maximum Gasteiger partial charge on any atom is 0.338 e. The minimum atomic E-state index is -0.503. The summed E-state index contributed by atoms with van der Waals surface area (Å²) < 4.78 is 5.93. The molecule has 2 rings (SSSR count). The van der Waals surface area contributed by atoms with Gasteiger partial charge in [0, 0.05) is 3.57 Å². The number of anilines is 1. The Morgan fingerprint density at radius 1 is 1.14 bits per heavy atom. The molecule has 1 N–H and O–H groups in total. The van der Waals surface area contributed by atoms with Gasteiger partial charge < -0.3 is 10.1 Å². The third kappa shape index (κ3) is 4.56. The predicted molar refractivity (Wildman–Crippen MR) is 89.3 cm³/mol. The molecule has 4 nitrogen and oxygen atoms in total. The van der Waals surface area contributed by atoms with E-state index in [0.717, 1.165) is 9.13 Å². The molecule has 0 fully saturated rings. The fourth-order valence-corrected chi connectivity index (χ4v) is 2.26. The molecule has 0 heterocycles. The molecule has 21 heavy (non-hydrogen) atoms. The van der Waals surface area contributed by atoms with Crippen LogP contribution in [-0.4, -0.2) is 18.5 Å². The minimum Gasteiger partial charge on any atom is -0.452 e. The summed E-state index contributed by atoms with van der Waals surface area (Å²) in [7, 11) is 0. The highest BCUT2D eigenvalue weighted by molar-refractivity contribution is 14.1. The fourth-order valence-electron chi connectivity index (χ4n) is 1.74. The quantitative estimate of drug-likeness (QED) is 0.638. The lowest BCUT2D eigenvalue weighted by Gasteiger charge is -2.08. The summed E-state index contributed by atoms with van der Waals surface area (Å²) in [6.45, 7) is 1.58. The highest BCUT2D eigenvalue weighted by atomic mass is 127. The van der Waals surface area contributed by atoms with E-state index in [4.69, 9.17) is 4.74 Å². The van der Waals surface area contributed by atoms with Crippen LogP contribution in [0.1, 0.15) is 15.9 Å². The second-order valence-electron chi connectivity index (χ2n) is 4.47. The average Bonchev–Trinajstić information content (AvgIpc) is 2.47. The molecule has 0 aliphatic heterocycles. The van der Waals surface area contributed by atoms with Crippen LogP contribution >= 0.6 is 22.6 Å². The molecule has 0 spiro atoms. The number of carbonyl (C=O) groups excluding carboxylic acids is 2. The second kappa shape index (κ2) is 7.21. The smallest absolute Gasteiger partial charge is 0.338 e. The number of halogens is 1. The predicted octanol–water partition coefficient (Wildman–Crippen LogP) is 3.40. The number of hydrogen-bond donors (Lipinski definition) is 1. The maximum atomic E-state index is 11.8. The zero-order valence-electron chi connectivity index (χ0n) is 11.4. The van der Waals surface area contributed by atoms with Gasteiger partial charge in [0.1, 0.15) is 0 Å². The number of benzene rings is 2. The third-order valence-electron chi connectivity index (χ3n) is 2.74. The standard InChI is InChI=1S/C16H14INO3/c1-11-5-4-6-12(9-11)16(20)21-10-15(19)18-14-8-3-2-7-13(14)17/h2-9H,10H2,1H3,(H,18,19). The van der Waals surface area contributed by atoms with Crippen LogP contribution in [0.25, 0.3) is 0 Å². The van der Waals surface area contributed by atoms with Crippen LogP contribution < -0.4 is 5.32 Å². The Hall–Kier alpha value is -1.89. The Kier molecular flexibility index (Phi) is 5.32. The first-order valence-corrected chi connectivity index (χ1v) is 7.42. The van der Waals surface area contributed by atoms with E-state index >= 15 is 0 Å².